The molecule has 1 aromatic rings. The van der Waals surface area contributed by atoms with E-state index in [1.807, 2.05) is 6.20 Å². The summed E-state index contributed by atoms with van der Waals surface area (Å²) in [4.78, 5) is 3.08. The summed E-state index contributed by atoms with van der Waals surface area (Å²) in [5.41, 5.74) is 2.96. The lowest BCUT2D eigenvalue weighted by Crippen LogP contribution is -1.95. The van der Waals surface area contributed by atoms with Gasteiger partial charge in [-0.05, 0) is 17.5 Å². The van der Waals surface area contributed by atoms with Crippen molar-refractivity contribution < 1.29 is 4.74 Å². The van der Waals surface area contributed by atoms with Crippen molar-refractivity contribution in [2.75, 3.05) is 7.11 Å². The van der Waals surface area contributed by atoms with Gasteiger partial charge in [-0.15, -0.1) is 0 Å². The van der Waals surface area contributed by atoms with Gasteiger partial charge in [0.1, 0.15) is 0 Å². The van der Waals surface area contributed by atoms with Crippen LogP contribution < -0.4 is 0 Å². The summed E-state index contributed by atoms with van der Waals surface area (Å²) >= 11 is 0. The highest BCUT2D eigenvalue weighted by molar-refractivity contribution is 5.33. The van der Waals surface area contributed by atoms with E-state index < -0.39 is 0 Å². The van der Waals surface area contributed by atoms with Gasteiger partial charge in [-0.25, -0.2) is 0 Å². The Bertz CT molecular complexity index is 395. The molecule has 0 unspecified atom stereocenters. The number of nitrogens with zero attached hydrogens (tertiary/aromatic N) is 2. The number of nitriles is 2. The summed E-state index contributed by atoms with van der Waals surface area (Å²) in [5, 5.41) is 17.2. The van der Waals surface area contributed by atoms with Crippen molar-refractivity contribution in [1.82, 2.24) is 4.98 Å². The van der Waals surface area contributed by atoms with Crippen LogP contribution in [0.15, 0.2) is 6.20 Å². The van der Waals surface area contributed by atoms with Crippen LogP contribution in [0.25, 0.3) is 0 Å². The molecule has 0 amide bonds. The van der Waals surface area contributed by atoms with Crippen molar-refractivity contribution in [2.45, 2.75) is 25.9 Å². The van der Waals surface area contributed by atoms with Gasteiger partial charge in [-0.1, -0.05) is 0 Å². The maximum atomic E-state index is 8.71. The van der Waals surface area contributed by atoms with Crippen LogP contribution in [0, 0.1) is 22.7 Å². The number of aryl methyl sites for hydroxylation is 1. The highest BCUT2D eigenvalue weighted by atomic mass is 16.5. The Kier molecular flexibility index (Phi) is 4.40. The number of aromatic amines is 1. The van der Waals surface area contributed by atoms with Crippen LogP contribution >= 0.6 is 0 Å². The highest BCUT2D eigenvalue weighted by Gasteiger charge is 2.10. The number of ether oxygens (including phenoxy) is 1. The first kappa shape index (κ1) is 11.3. The number of rotatable bonds is 5. The summed E-state index contributed by atoms with van der Waals surface area (Å²) in [7, 11) is 1.62. The number of nitrogens with one attached hydrogen (secondary N) is 1. The van der Waals surface area contributed by atoms with Crippen molar-refractivity contribution in [1.29, 1.82) is 10.5 Å². The zero-order valence-electron chi connectivity index (χ0n) is 8.71. The lowest BCUT2D eigenvalue weighted by atomic mass is 10.0. The van der Waals surface area contributed by atoms with E-state index in [9.17, 15) is 0 Å². The minimum absolute atomic E-state index is 0.364. The molecule has 0 saturated heterocycles. The molecule has 0 aliphatic carbocycles. The number of methoxy groups -OCH3 is 1. The van der Waals surface area contributed by atoms with Gasteiger partial charge in [0.05, 0.1) is 25.2 Å². The van der Waals surface area contributed by atoms with Crippen LogP contribution in [0.4, 0.5) is 0 Å². The second-order valence-corrected chi connectivity index (χ2v) is 3.20. The van der Waals surface area contributed by atoms with Gasteiger partial charge in [0.15, 0.2) is 0 Å². The molecule has 1 aromatic heterocycles. The average molecular weight is 203 g/mol. The molecule has 0 aliphatic rings. The molecule has 1 rings (SSSR count). The summed E-state index contributed by atoms with van der Waals surface area (Å²) in [6, 6.07) is 4.23. The first-order valence-electron chi connectivity index (χ1n) is 4.74. The van der Waals surface area contributed by atoms with Gasteiger partial charge < -0.3 is 9.72 Å². The summed E-state index contributed by atoms with van der Waals surface area (Å²) < 4.78 is 5.03. The molecule has 78 valence electrons. The normalized spacial score (nSPS) is 9.53. The maximum Gasteiger partial charge on any atom is 0.0865 e. The van der Waals surface area contributed by atoms with Gasteiger partial charge in [0.2, 0.25) is 0 Å². The molecule has 0 radical (unpaired) electrons. The van der Waals surface area contributed by atoms with Gasteiger partial charge in [-0.2, -0.15) is 10.5 Å². The van der Waals surface area contributed by atoms with E-state index >= 15 is 0 Å². The smallest absolute Gasteiger partial charge is 0.0865 e. The predicted octanol–water partition coefficient (Wildman–Crippen LogP) is 1.68. The highest BCUT2D eigenvalue weighted by Crippen LogP contribution is 2.17. The minimum Gasteiger partial charge on any atom is -0.378 e. The molecule has 0 bridgehead atoms. The fraction of sp³-hybridized carbons (Fsp3) is 0.455. The van der Waals surface area contributed by atoms with E-state index in [0.29, 0.717) is 25.9 Å². The molecule has 0 atom stereocenters. The summed E-state index contributed by atoms with van der Waals surface area (Å²) in [6.07, 6.45) is 3.39. The third kappa shape index (κ3) is 2.83. The Labute approximate surface area is 89.1 Å². The SMILES string of the molecule is COCc1[nH]cc(CCC#N)c1CC#N. The lowest BCUT2D eigenvalue weighted by molar-refractivity contribution is 0.181. The molecule has 4 nitrogen and oxygen atoms in total. The Morgan fingerprint density at radius 3 is 2.80 bits per heavy atom. The predicted molar refractivity (Wildman–Crippen MR) is 54.8 cm³/mol. The van der Waals surface area contributed by atoms with Crippen molar-refractivity contribution in [2.24, 2.45) is 0 Å². The Morgan fingerprint density at radius 1 is 1.40 bits per heavy atom. The van der Waals surface area contributed by atoms with Crippen LogP contribution in [-0.2, 0) is 24.2 Å². The molecule has 4 heteroatoms. The van der Waals surface area contributed by atoms with E-state index in [2.05, 4.69) is 17.1 Å². The second-order valence-electron chi connectivity index (χ2n) is 3.20. The Balaban J connectivity index is 2.86. The zero-order valence-corrected chi connectivity index (χ0v) is 8.71. The first-order valence-corrected chi connectivity index (χ1v) is 4.74. The molecule has 0 aromatic carbocycles. The monoisotopic (exact) mass is 203 g/mol. The molecule has 15 heavy (non-hydrogen) atoms. The average Bonchev–Trinajstić information content (AvgIpc) is 2.60. The van der Waals surface area contributed by atoms with Crippen LogP contribution in [0.3, 0.4) is 0 Å². The van der Waals surface area contributed by atoms with Crippen molar-refractivity contribution >= 4 is 0 Å². The number of hydrogen-bond acceptors (Lipinski definition) is 3. The quantitative estimate of drug-likeness (QED) is 0.791. The summed E-state index contributed by atoms with van der Waals surface area (Å²) in [5.74, 6) is 0. The molecule has 1 heterocycles. The van der Waals surface area contributed by atoms with E-state index in [0.717, 1.165) is 16.8 Å². The Hall–Kier alpha value is -1.78. The maximum absolute atomic E-state index is 8.71. The minimum atomic E-state index is 0.364. The van der Waals surface area contributed by atoms with Crippen LogP contribution in [0.5, 0.6) is 0 Å². The van der Waals surface area contributed by atoms with Crippen molar-refractivity contribution in [3.63, 3.8) is 0 Å². The molecule has 0 saturated carbocycles. The van der Waals surface area contributed by atoms with E-state index in [4.69, 9.17) is 15.3 Å². The second kappa shape index (κ2) is 5.85. The Morgan fingerprint density at radius 2 is 2.20 bits per heavy atom. The molecular weight excluding hydrogens is 190 g/mol. The van der Waals surface area contributed by atoms with E-state index in [1.165, 1.54) is 0 Å². The van der Waals surface area contributed by atoms with Crippen LogP contribution in [0.2, 0.25) is 0 Å². The largest absolute Gasteiger partial charge is 0.378 e. The fourth-order valence-corrected chi connectivity index (χ4v) is 1.53. The van der Waals surface area contributed by atoms with Crippen molar-refractivity contribution in [3.8, 4) is 12.1 Å². The topological polar surface area (TPSA) is 72.6 Å². The first-order chi connectivity index (χ1) is 7.33. The zero-order chi connectivity index (χ0) is 11.1. The van der Waals surface area contributed by atoms with Crippen molar-refractivity contribution in [3.05, 3.63) is 23.0 Å². The van der Waals surface area contributed by atoms with Crippen LogP contribution in [0.1, 0.15) is 23.2 Å². The number of aromatic nitrogens is 1. The molecular formula is C11H13N3O. The summed E-state index contributed by atoms with van der Waals surface area (Å²) in [6.45, 7) is 0.476. The van der Waals surface area contributed by atoms with E-state index in [-0.39, 0.29) is 0 Å². The van der Waals surface area contributed by atoms with Gasteiger partial charge >= 0.3 is 0 Å². The number of hydrogen-bond donors (Lipinski definition) is 1. The van der Waals surface area contributed by atoms with Gasteiger partial charge in [0.25, 0.3) is 0 Å². The fourth-order valence-electron chi connectivity index (χ4n) is 1.53. The van der Waals surface area contributed by atoms with E-state index in [1.54, 1.807) is 7.11 Å². The molecule has 1 N–H and O–H groups in total. The lowest BCUT2D eigenvalue weighted by Gasteiger charge is -2.01. The molecule has 0 fully saturated rings. The number of H-pyrrole nitrogens is 1. The van der Waals surface area contributed by atoms with Gasteiger partial charge in [-0.3, -0.25) is 0 Å². The van der Waals surface area contributed by atoms with Gasteiger partial charge in [0, 0.05) is 25.4 Å². The third-order valence-corrected chi connectivity index (χ3v) is 2.22. The van der Waals surface area contributed by atoms with Crippen LogP contribution in [-0.4, -0.2) is 12.1 Å². The standard InChI is InChI=1S/C11H13N3O/c1-15-8-11-10(4-6-13)9(7-14-11)3-2-5-12/h7,14H,2-4,8H2,1H3. The molecule has 0 spiro atoms. The third-order valence-electron chi connectivity index (χ3n) is 2.22. The molecule has 0 aliphatic heterocycles.